The first kappa shape index (κ1) is 20.3. The second-order valence-corrected chi connectivity index (χ2v) is 6.88. The quantitative estimate of drug-likeness (QED) is 0.691. The number of hydrogen-bond donors (Lipinski definition) is 1. The van der Waals surface area contributed by atoms with Crippen LogP contribution in [-0.4, -0.2) is 21.8 Å². The lowest BCUT2D eigenvalue weighted by Gasteiger charge is -2.16. The predicted molar refractivity (Wildman–Crippen MR) is 108 cm³/mol. The number of carbonyl (C=O) groups is 1. The lowest BCUT2D eigenvalue weighted by Crippen LogP contribution is -2.30. The second-order valence-electron chi connectivity index (χ2n) is 6.88. The summed E-state index contributed by atoms with van der Waals surface area (Å²) in [6.45, 7) is 5.76. The number of carbonyl (C=O) groups excluding carboxylic acids is 1. The lowest BCUT2D eigenvalue weighted by atomic mass is 10.1. The van der Waals surface area contributed by atoms with E-state index < -0.39 is 17.3 Å². The van der Waals surface area contributed by atoms with Crippen LogP contribution in [0.4, 0.5) is 4.39 Å². The van der Waals surface area contributed by atoms with Crippen LogP contribution in [0.3, 0.4) is 0 Å². The highest BCUT2D eigenvalue weighted by Gasteiger charge is 2.15. The number of amides is 1. The average molecular weight is 395 g/mol. The van der Waals surface area contributed by atoms with E-state index in [-0.39, 0.29) is 17.8 Å². The molecule has 1 unspecified atom stereocenters. The summed E-state index contributed by atoms with van der Waals surface area (Å²) >= 11 is 0. The molecule has 1 heterocycles. The Morgan fingerprint density at radius 2 is 1.66 bits per heavy atom. The maximum atomic E-state index is 13.1. The fraction of sp³-hybridized carbons (Fsp3) is 0.227. The molecule has 1 aromatic heterocycles. The monoisotopic (exact) mass is 395 g/mol. The number of nitrogens with zero attached hydrogens (tertiary/aromatic N) is 2. The van der Waals surface area contributed by atoms with Crippen molar-refractivity contribution in [1.82, 2.24) is 15.1 Å². The van der Waals surface area contributed by atoms with Gasteiger partial charge in [0.05, 0.1) is 17.8 Å². The Hall–Kier alpha value is -3.48. The summed E-state index contributed by atoms with van der Waals surface area (Å²) in [6.07, 6.45) is 0.0841. The Morgan fingerprint density at radius 1 is 1.00 bits per heavy atom. The van der Waals surface area contributed by atoms with Crippen LogP contribution in [0, 0.1) is 5.82 Å². The molecular weight excluding hydrogens is 373 g/mol. The van der Waals surface area contributed by atoms with Gasteiger partial charge in [0.1, 0.15) is 17.3 Å². The molecule has 1 atom stereocenters. The van der Waals surface area contributed by atoms with E-state index in [1.165, 1.54) is 36.4 Å². The smallest absolute Gasteiger partial charge is 0.272 e. The molecule has 0 radical (unpaired) electrons. The third kappa shape index (κ3) is 5.07. The van der Waals surface area contributed by atoms with Gasteiger partial charge in [0, 0.05) is 6.07 Å². The highest BCUT2D eigenvalue weighted by Crippen LogP contribution is 2.19. The largest absolute Gasteiger partial charge is 0.491 e. The van der Waals surface area contributed by atoms with E-state index in [2.05, 4.69) is 10.4 Å². The van der Waals surface area contributed by atoms with Crippen molar-refractivity contribution in [3.05, 3.63) is 88.1 Å². The number of hydrogen-bond acceptors (Lipinski definition) is 4. The summed E-state index contributed by atoms with van der Waals surface area (Å²) < 4.78 is 19.8. The summed E-state index contributed by atoms with van der Waals surface area (Å²) in [4.78, 5) is 24.7. The van der Waals surface area contributed by atoms with Gasteiger partial charge < -0.3 is 10.1 Å². The van der Waals surface area contributed by atoms with Crippen molar-refractivity contribution >= 4 is 5.91 Å². The zero-order valence-electron chi connectivity index (χ0n) is 16.4. The molecule has 7 heteroatoms. The highest BCUT2D eigenvalue weighted by atomic mass is 19.1. The van der Waals surface area contributed by atoms with Gasteiger partial charge >= 0.3 is 0 Å². The van der Waals surface area contributed by atoms with Crippen molar-refractivity contribution in [3.63, 3.8) is 0 Å². The molecule has 2 aromatic carbocycles. The van der Waals surface area contributed by atoms with Crippen LogP contribution < -0.4 is 15.6 Å². The maximum absolute atomic E-state index is 13.1. The van der Waals surface area contributed by atoms with Gasteiger partial charge in [0.2, 0.25) is 0 Å². The standard InChI is InChI=1S/C22H22FN3O3/c1-14(2)29-19-10-4-16(5-11-19)15(3)24-22(28)20-12-13-21(27)26(25-20)18-8-6-17(23)7-9-18/h4-15H,1-3H3,(H,24,28). The molecule has 0 aliphatic rings. The number of ether oxygens (including phenoxy) is 1. The number of rotatable bonds is 6. The summed E-state index contributed by atoms with van der Waals surface area (Å²) in [7, 11) is 0. The van der Waals surface area contributed by atoms with Gasteiger partial charge in [-0.2, -0.15) is 9.78 Å². The Morgan fingerprint density at radius 3 is 2.28 bits per heavy atom. The fourth-order valence-corrected chi connectivity index (χ4v) is 2.76. The van der Waals surface area contributed by atoms with Crippen molar-refractivity contribution in [2.24, 2.45) is 0 Å². The molecule has 6 nitrogen and oxygen atoms in total. The minimum Gasteiger partial charge on any atom is -0.491 e. The molecule has 0 fully saturated rings. The van der Waals surface area contributed by atoms with E-state index in [1.54, 1.807) is 0 Å². The van der Waals surface area contributed by atoms with Gasteiger partial charge in [-0.05, 0) is 68.8 Å². The molecule has 0 bridgehead atoms. The first-order valence-electron chi connectivity index (χ1n) is 9.27. The summed E-state index contributed by atoms with van der Waals surface area (Å²) in [5.41, 5.74) is 0.948. The molecule has 3 aromatic rings. The second kappa shape index (κ2) is 8.68. The summed E-state index contributed by atoms with van der Waals surface area (Å²) in [5.74, 6) is -0.0829. The minimum atomic E-state index is -0.422. The van der Waals surface area contributed by atoms with Crippen LogP contribution in [0.15, 0.2) is 65.5 Å². The van der Waals surface area contributed by atoms with Gasteiger partial charge in [-0.1, -0.05) is 12.1 Å². The van der Waals surface area contributed by atoms with Crippen molar-refractivity contribution in [2.75, 3.05) is 0 Å². The molecular formula is C22H22FN3O3. The molecule has 0 aliphatic heterocycles. The normalized spacial score (nSPS) is 11.9. The Labute approximate surface area is 168 Å². The highest BCUT2D eigenvalue weighted by molar-refractivity contribution is 5.92. The van der Waals surface area contributed by atoms with E-state index >= 15 is 0 Å². The molecule has 3 rings (SSSR count). The molecule has 1 N–H and O–H groups in total. The number of benzene rings is 2. The lowest BCUT2D eigenvalue weighted by molar-refractivity contribution is 0.0933. The predicted octanol–water partition coefficient (Wildman–Crippen LogP) is 3.65. The zero-order valence-corrected chi connectivity index (χ0v) is 16.4. The summed E-state index contributed by atoms with van der Waals surface area (Å²) in [6, 6.07) is 15.1. The van der Waals surface area contributed by atoms with Crippen molar-refractivity contribution < 1.29 is 13.9 Å². The van der Waals surface area contributed by atoms with E-state index in [1.807, 2.05) is 45.0 Å². The SMILES string of the molecule is CC(C)Oc1ccc(C(C)NC(=O)c2ccc(=O)n(-c3ccc(F)cc3)n2)cc1. The van der Waals surface area contributed by atoms with Crippen LogP contribution in [0.25, 0.3) is 5.69 Å². The zero-order chi connectivity index (χ0) is 21.0. The molecule has 0 aliphatic carbocycles. The van der Waals surface area contributed by atoms with Crippen molar-refractivity contribution in [2.45, 2.75) is 32.9 Å². The van der Waals surface area contributed by atoms with Crippen LogP contribution in [0.5, 0.6) is 5.75 Å². The van der Waals surface area contributed by atoms with E-state index in [9.17, 15) is 14.0 Å². The number of aromatic nitrogens is 2. The number of halogens is 1. The van der Waals surface area contributed by atoms with Crippen LogP contribution in [0.1, 0.15) is 42.9 Å². The Bertz CT molecular complexity index is 1040. The first-order valence-corrected chi connectivity index (χ1v) is 9.27. The van der Waals surface area contributed by atoms with Crippen LogP contribution in [-0.2, 0) is 0 Å². The van der Waals surface area contributed by atoms with Gasteiger partial charge in [-0.15, -0.1) is 0 Å². The van der Waals surface area contributed by atoms with Crippen LogP contribution >= 0.6 is 0 Å². The molecule has 1 amide bonds. The van der Waals surface area contributed by atoms with E-state index in [4.69, 9.17) is 4.74 Å². The minimum absolute atomic E-state index is 0.0838. The third-order valence-corrected chi connectivity index (χ3v) is 4.20. The Balaban J connectivity index is 1.76. The molecule has 29 heavy (non-hydrogen) atoms. The molecule has 150 valence electrons. The average Bonchev–Trinajstić information content (AvgIpc) is 2.69. The van der Waals surface area contributed by atoms with Gasteiger partial charge in [0.15, 0.2) is 0 Å². The topological polar surface area (TPSA) is 73.2 Å². The summed E-state index contributed by atoms with van der Waals surface area (Å²) in [5, 5.41) is 6.98. The maximum Gasteiger partial charge on any atom is 0.272 e. The number of nitrogens with one attached hydrogen (secondary N) is 1. The van der Waals surface area contributed by atoms with Crippen LogP contribution in [0.2, 0.25) is 0 Å². The molecule has 0 spiro atoms. The fourth-order valence-electron chi connectivity index (χ4n) is 2.76. The van der Waals surface area contributed by atoms with Crippen molar-refractivity contribution in [1.29, 1.82) is 0 Å². The van der Waals surface area contributed by atoms with E-state index in [0.717, 1.165) is 16.0 Å². The van der Waals surface area contributed by atoms with E-state index in [0.29, 0.717) is 5.69 Å². The van der Waals surface area contributed by atoms with Crippen molar-refractivity contribution in [3.8, 4) is 11.4 Å². The first-order chi connectivity index (χ1) is 13.8. The Kier molecular flexibility index (Phi) is 6.07. The molecule has 0 saturated heterocycles. The van der Waals surface area contributed by atoms with Gasteiger partial charge in [-0.25, -0.2) is 4.39 Å². The van der Waals surface area contributed by atoms with Gasteiger partial charge in [0.25, 0.3) is 11.5 Å². The third-order valence-electron chi connectivity index (χ3n) is 4.20. The van der Waals surface area contributed by atoms with Gasteiger partial charge in [-0.3, -0.25) is 9.59 Å². The molecule has 0 saturated carbocycles.